The molecule has 0 N–H and O–H groups in total. The molecule has 0 bridgehead atoms. The van der Waals surface area contributed by atoms with E-state index in [9.17, 15) is 0 Å². The van der Waals surface area contributed by atoms with E-state index in [0.29, 0.717) is 0 Å². The van der Waals surface area contributed by atoms with Crippen molar-refractivity contribution in [1.82, 2.24) is 0 Å². The van der Waals surface area contributed by atoms with Gasteiger partial charge >= 0.3 is 23.1 Å². The van der Waals surface area contributed by atoms with Gasteiger partial charge in [0.2, 0.25) is 0 Å². The zero-order chi connectivity index (χ0) is 11.6. The minimum absolute atomic E-state index is 0. The quantitative estimate of drug-likeness (QED) is 0.537. The van der Waals surface area contributed by atoms with Crippen molar-refractivity contribution in [2.24, 2.45) is 0 Å². The molecule has 0 aliphatic heterocycles. The van der Waals surface area contributed by atoms with Crippen LogP contribution in [-0.4, -0.2) is 42.8 Å². The predicted molar refractivity (Wildman–Crippen MR) is 69.0 cm³/mol. The van der Waals surface area contributed by atoms with Gasteiger partial charge in [-0.1, -0.05) is 6.92 Å². The Labute approximate surface area is 125 Å². The van der Waals surface area contributed by atoms with Gasteiger partial charge in [-0.05, 0) is 47.6 Å². The van der Waals surface area contributed by atoms with E-state index in [2.05, 4.69) is 13.5 Å². The molecule has 0 saturated carbocycles. The van der Waals surface area contributed by atoms with Gasteiger partial charge in [0.05, 0.1) is 0 Å². The van der Waals surface area contributed by atoms with E-state index in [1.807, 2.05) is 41.5 Å². The van der Waals surface area contributed by atoms with Gasteiger partial charge in [0.25, 0.3) is 0 Å². The average molecular weight is 277 g/mol. The molecule has 0 aliphatic rings. The van der Waals surface area contributed by atoms with E-state index < -0.39 is 8.56 Å². The summed E-state index contributed by atoms with van der Waals surface area (Å²) in [6.07, 6.45) is 0. The predicted octanol–water partition coefficient (Wildman–Crippen LogP) is 0.0752. The fourth-order valence-corrected chi connectivity index (χ4v) is 3.84. The summed E-state index contributed by atoms with van der Waals surface area (Å²) in [5.41, 5.74) is -0.343. The van der Waals surface area contributed by atoms with Crippen LogP contribution in [0, 0.1) is 6.55 Å². The molecule has 0 aromatic carbocycles. The second kappa shape index (κ2) is 7.59. The minimum atomic E-state index is -2.24. The zero-order valence-corrected chi connectivity index (χ0v) is 15.0. The van der Waals surface area contributed by atoms with Gasteiger partial charge in [0, 0.05) is 11.2 Å². The van der Waals surface area contributed by atoms with E-state index in [1.54, 1.807) is 0 Å². The standard InChI is InChI=1S/C11H25O2Si.ClH.Mg/c1-9-14(8,12-10(2,3)4)13-11(5,6)7;;/h8-9H2,1-7H3;1H;/q-1;;+2/p-1. The van der Waals surface area contributed by atoms with Crippen LogP contribution in [0.2, 0.25) is 6.04 Å². The molecule has 0 aromatic heterocycles. The Morgan fingerprint density at radius 1 is 0.938 bits per heavy atom. The molecule has 0 unspecified atom stereocenters. The Kier molecular flexibility index (Phi) is 10.6. The molecule has 2 nitrogen and oxygen atoms in total. The molecule has 0 aromatic rings. The van der Waals surface area contributed by atoms with Crippen LogP contribution in [0.1, 0.15) is 48.5 Å². The maximum absolute atomic E-state index is 5.96. The van der Waals surface area contributed by atoms with Crippen molar-refractivity contribution < 1.29 is 21.3 Å². The number of hydrogen-bond donors (Lipinski definition) is 0. The summed E-state index contributed by atoms with van der Waals surface area (Å²) in [5, 5.41) is 0. The summed E-state index contributed by atoms with van der Waals surface area (Å²) in [6, 6.07) is 0.877. The van der Waals surface area contributed by atoms with Gasteiger partial charge in [-0.3, -0.25) is 6.55 Å². The third-order valence-electron chi connectivity index (χ3n) is 1.52. The molecular weight excluding hydrogens is 252 g/mol. The third-order valence-corrected chi connectivity index (χ3v) is 4.57. The topological polar surface area (TPSA) is 18.5 Å². The van der Waals surface area contributed by atoms with E-state index in [0.717, 1.165) is 6.04 Å². The number of rotatable bonds is 3. The Morgan fingerprint density at radius 2 is 1.19 bits per heavy atom. The van der Waals surface area contributed by atoms with Crippen LogP contribution in [0.4, 0.5) is 0 Å². The normalized spacial score (nSPS) is 12.8. The number of hydrogen-bond acceptors (Lipinski definition) is 2. The molecule has 0 aliphatic carbocycles. The third kappa shape index (κ3) is 11.7. The van der Waals surface area contributed by atoms with Gasteiger partial charge < -0.3 is 21.3 Å². The molecule has 0 atom stereocenters. The second-order valence-electron chi connectivity index (χ2n) is 5.69. The fraction of sp³-hybridized carbons (Fsp3) is 0.909. The summed E-state index contributed by atoms with van der Waals surface area (Å²) >= 11 is 0. The Bertz CT molecular complexity index is 171. The smallest absolute Gasteiger partial charge is 1.00 e. The van der Waals surface area contributed by atoms with Crippen molar-refractivity contribution in [3.8, 4) is 0 Å². The van der Waals surface area contributed by atoms with Crippen LogP contribution in [0.15, 0.2) is 0 Å². The molecule has 94 valence electrons. The SMILES string of the molecule is [CH2-][Si](CC)(OC(C)(C)C)OC(C)(C)C.[Cl-].[Mg+2]. The van der Waals surface area contributed by atoms with E-state index in [1.165, 1.54) is 0 Å². The van der Waals surface area contributed by atoms with Crippen molar-refractivity contribution in [2.45, 2.75) is 65.7 Å². The zero-order valence-electron chi connectivity index (χ0n) is 11.8. The van der Waals surface area contributed by atoms with Crippen LogP contribution in [0.3, 0.4) is 0 Å². The van der Waals surface area contributed by atoms with Gasteiger partial charge in [-0.25, -0.2) is 0 Å². The summed E-state index contributed by atoms with van der Waals surface area (Å²) in [4.78, 5) is 0. The Balaban J connectivity index is -0.000000845. The molecule has 0 radical (unpaired) electrons. The van der Waals surface area contributed by atoms with Gasteiger partial charge in [0.1, 0.15) is 0 Å². The van der Waals surface area contributed by atoms with Crippen molar-refractivity contribution in [3.05, 3.63) is 6.55 Å². The molecule has 0 heterocycles. The van der Waals surface area contributed by atoms with E-state index >= 15 is 0 Å². The summed E-state index contributed by atoms with van der Waals surface area (Å²) in [7, 11) is -2.24. The first kappa shape index (κ1) is 22.4. The molecular formula is C11H25ClMgO2Si. The monoisotopic (exact) mass is 276 g/mol. The number of halogens is 1. The summed E-state index contributed by atoms with van der Waals surface area (Å²) in [6.45, 7) is 18.5. The maximum Gasteiger partial charge on any atom is 2.00 e. The molecule has 0 saturated heterocycles. The second-order valence-corrected chi connectivity index (χ2v) is 8.63. The molecule has 5 heteroatoms. The maximum atomic E-state index is 5.96. The van der Waals surface area contributed by atoms with Crippen molar-refractivity contribution in [3.63, 3.8) is 0 Å². The Hall–Kier alpha value is 1.19. The molecule has 16 heavy (non-hydrogen) atoms. The van der Waals surface area contributed by atoms with Gasteiger partial charge in [0.15, 0.2) is 8.56 Å². The van der Waals surface area contributed by atoms with Crippen LogP contribution in [-0.2, 0) is 8.85 Å². The molecule has 0 fully saturated rings. The molecule has 0 spiro atoms. The molecule has 0 amide bonds. The van der Waals surface area contributed by atoms with Gasteiger partial charge in [-0.15, -0.1) is 0 Å². The molecule has 0 rings (SSSR count). The average Bonchev–Trinajstić information content (AvgIpc) is 1.78. The first-order chi connectivity index (χ1) is 5.97. The van der Waals surface area contributed by atoms with E-state index in [-0.39, 0.29) is 46.7 Å². The van der Waals surface area contributed by atoms with E-state index in [4.69, 9.17) is 8.85 Å². The summed E-state index contributed by atoms with van der Waals surface area (Å²) in [5.74, 6) is 0. The van der Waals surface area contributed by atoms with Crippen molar-refractivity contribution >= 4 is 31.6 Å². The largest absolute Gasteiger partial charge is 2.00 e. The van der Waals surface area contributed by atoms with Crippen LogP contribution in [0.25, 0.3) is 0 Å². The first-order valence-electron chi connectivity index (χ1n) is 5.23. The van der Waals surface area contributed by atoms with Crippen molar-refractivity contribution in [1.29, 1.82) is 0 Å². The fourth-order valence-electron chi connectivity index (χ4n) is 1.28. The Morgan fingerprint density at radius 3 is 1.31 bits per heavy atom. The first-order valence-corrected chi connectivity index (χ1v) is 7.46. The van der Waals surface area contributed by atoms with Crippen LogP contribution in [0.5, 0.6) is 0 Å². The van der Waals surface area contributed by atoms with Crippen molar-refractivity contribution in [2.75, 3.05) is 0 Å². The minimum Gasteiger partial charge on any atom is -1.00 e. The van der Waals surface area contributed by atoms with Crippen LogP contribution >= 0.6 is 0 Å². The van der Waals surface area contributed by atoms with Crippen LogP contribution < -0.4 is 12.4 Å². The van der Waals surface area contributed by atoms with Gasteiger partial charge in [-0.2, -0.15) is 0 Å². The summed E-state index contributed by atoms with van der Waals surface area (Å²) < 4.78 is 11.9.